The zero-order valence-electron chi connectivity index (χ0n) is 19.6. The van der Waals surface area contributed by atoms with Crippen molar-refractivity contribution in [2.24, 2.45) is 0 Å². The van der Waals surface area contributed by atoms with E-state index in [9.17, 15) is 4.79 Å². The minimum absolute atomic E-state index is 0.0458. The van der Waals surface area contributed by atoms with Crippen LogP contribution in [0.2, 0.25) is 0 Å². The van der Waals surface area contributed by atoms with E-state index >= 15 is 0 Å². The second kappa shape index (κ2) is 5.77. The van der Waals surface area contributed by atoms with Gasteiger partial charge in [0, 0.05) is 27.7 Å². The number of rotatable bonds is 5. The first kappa shape index (κ1) is 7.31. The molecule has 5 nitrogen and oxygen atoms in total. The number of benzene rings is 1. The minimum atomic E-state index is -2.30. The van der Waals surface area contributed by atoms with Gasteiger partial charge in [0.1, 0.15) is 6.61 Å². The molecule has 1 amide bonds. The third-order valence-corrected chi connectivity index (χ3v) is 3.25. The quantitative estimate of drug-likeness (QED) is 0.886. The first-order chi connectivity index (χ1) is 13.3. The van der Waals surface area contributed by atoms with Crippen LogP contribution in [0.25, 0.3) is 10.9 Å². The molecule has 2 aromatic rings. The van der Waals surface area contributed by atoms with Gasteiger partial charge in [-0.15, -0.1) is 0 Å². The Balaban J connectivity index is 2.05. The number of amides is 1. The van der Waals surface area contributed by atoms with Gasteiger partial charge in [0.15, 0.2) is 0 Å². The molecule has 2 heterocycles. The van der Waals surface area contributed by atoms with Crippen molar-refractivity contribution in [2.45, 2.75) is 18.9 Å². The number of alkyl carbamates (subject to hydrolysis) is 1. The Bertz CT molecular complexity index is 974. The monoisotopic (exact) mass is 295 g/mol. The molecule has 1 aromatic carbocycles. The van der Waals surface area contributed by atoms with E-state index < -0.39 is 19.1 Å². The number of hydrogen-bond donors (Lipinski definition) is 2. The van der Waals surface area contributed by atoms with Crippen LogP contribution in [0.3, 0.4) is 0 Å². The number of likely N-dealkylation sites (N-methyl/N-ethyl adjacent to an activating group) is 1. The largest absolute Gasteiger partial charge is 0.447 e. The molecule has 0 bridgehead atoms. The van der Waals surface area contributed by atoms with E-state index in [-0.39, 0.29) is 66.8 Å². The molecule has 0 saturated carbocycles. The van der Waals surface area contributed by atoms with Gasteiger partial charge in [-0.2, -0.15) is 0 Å². The molecule has 21 heavy (non-hydrogen) atoms. The van der Waals surface area contributed by atoms with Crippen LogP contribution in [0.5, 0.6) is 0 Å². The van der Waals surface area contributed by atoms with Crippen molar-refractivity contribution >= 4 is 17.0 Å². The summed E-state index contributed by atoms with van der Waals surface area (Å²) >= 11 is 0. The van der Waals surface area contributed by atoms with Crippen LogP contribution >= 0.6 is 0 Å². The molecule has 1 aliphatic rings. The second-order valence-corrected chi connectivity index (χ2v) is 4.99. The number of aromatic nitrogens is 1. The van der Waals surface area contributed by atoms with Crippen molar-refractivity contribution in [3.63, 3.8) is 0 Å². The normalized spacial score (nSPS) is 27.8. The second-order valence-electron chi connectivity index (χ2n) is 4.99. The maximum absolute atomic E-state index is 11.3. The molecule has 0 radical (unpaired) electrons. The minimum Gasteiger partial charge on any atom is -0.447 e. The van der Waals surface area contributed by atoms with E-state index in [1.807, 2.05) is 0 Å². The molecule has 1 fully saturated rings. The Morgan fingerprint density at radius 2 is 2.52 bits per heavy atom. The van der Waals surface area contributed by atoms with Gasteiger partial charge in [0.25, 0.3) is 0 Å². The van der Waals surface area contributed by atoms with Crippen molar-refractivity contribution in [2.75, 3.05) is 27.2 Å². The van der Waals surface area contributed by atoms with Gasteiger partial charge in [-0.05, 0) is 50.1 Å². The third-order valence-electron chi connectivity index (χ3n) is 3.25. The number of aromatic amines is 1. The molecule has 0 spiro atoms. The summed E-state index contributed by atoms with van der Waals surface area (Å²) in [7, 11) is 1.43. The average molecular weight is 295 g/mol. The van der Waals surface area contributed by atoms with Crippen molar-refractivity contribution < 1.29 is 20.5 Å². The molecule has 1 aliphatic heterocycles. The lowest BCUT2D eigenvalue weighted by molar-refractivity contribution is 0.177. The summed E-state index contributed by atoms with van der Waals surface area (Å²) in [5.41, 5.74) is 0.625. The van der Waals surface area contributed by atoms with E-state index in [0.29, 0.717) is 5.56 Å². The molecule has 0 unspecified atom stereocenters. The number of fused-ring (bicyclic) bond motifs is 1. The van der Waals surface area contributed by atoms with Gasteiger partial charge in [0.05, 0.1) is 12.9 Å². The SMILES string of the molecule is [2H]c1[nH]c2c([2H])c([2H])c(C[C@@]3([2H])COC(=O)N3)c([2H])c2c1CCN(C)C([2H])([2H])[2H]. The summed E-state index contributed by atoms with van der Waals surface area (Å²) in [6.45, 7) is -2.44. The lowest BCUT2D eigenvalue weighted by Gasteiger charge is -2.09. The van der Waals surface area contributed by atoms with Crippen LogP contribution in [-0.2, 0) is 17.6 Å². The number of carbonyl (C=O) groups is 1. The Labute approximate surface area is 135 Å². The Morgan fingerprint density at radius 3 is 3.29 bits per heavy atom. The topological polar surface area (TPSA) is 57.4 Å². The molecule has 2 N–H and O–H groups in total. The third kappa shape index (κ3) is 3.19. The van der Waals surface area contributed by atoms with Gasteiger partial charge >= 0.3 is 6.09 Å². The van der Waals surface area contributed by atoms with Crippen molar-refractivity contribution in [3.05, 3.63) is 35.4 Å². The molecule has 1 atom stereocenters. The zero-order valence-corrected chi connectivity index (χ0v) is 11.6. The van der Waals surface area contributed by atoms with E-state index in [1.165, 1.54) is 7.05 Å². The molecule has 112 valence electrons. The van der Waals surface area contributed by atoms with Gasteiger partial charge in [-0.1, -0.05) is 6.04 Å². The number of H-pyrrole nitrogens is 1. The van der Waals surface area contributed by atoms with Crippen molar-refractivity contribution in [1.29, 1.82) is 0 Å². The number of nitrogens with one attached hydrogen (secondary N) is 2. The number of cyclic esters (lactones) is 1. The van der Waals surface area contributed by atoms with E-state index in [0.717, 1.165) is 4.90 Å². The van der Waals surface area contributed by atoms with E-state index in [1.54, 1.807) is 0 Å². The van der Waals surface area contributed by atoms with Crippen LogP contribution in [0, 0.1) is 0 Å². The maximum Gasteiger partial charge on any atom is 0.407 e. The summed E-state index contributed by atoms with van der Waals surface area (Å²) in [4.78, 5) is 15.2. The Kier molecular flexibility index (Phi) is 2.01. The number of hydrogen-bond acceptors (Lipinski definition) is 3. The average Bonchev–Trinajstić information content (AvgIpc) is 3.13. The summed E-state index contributed by atoms with van der Waals surface area (Å²) in [5, 5.41) is 2.60. The van der Waals surface area contributed by atoms with Crippen LogP contribution in [0.4, 0.5) is 4.79 Å². The molecular formula is C16H21N3O2. The molecule has 1 saturated heterocycles. The predicted octanol–water partition coefficient (Wildman–Crippen LogP) is 1.92. The smallest absolute Gasteiger partial charge is 0.407 e. The van der Waals surface area contributed by atoms with Gasteiger partial charge in [0.2, 0.25) is 0 Å². The zero-order chi connectivity index (χ0) is 21.7. The molecule has 0 aliphatic carbocycles. The Hall–Kier alpha value is -2.01. The Morgan fingerprint density at radius 1 is 1.62 bits per heavy atom. The highest BCUT2D eigenvalue weighted by Gasteiger charge is 2.22. The summed E-state index contributed by atoms with van der Waals surface area (Å²) in [6.07, 6.45) is -0.850. The van der Waals surface area contributed by atoms with E-state index in [2.05, 4.69) is 10.3 Å². The van der Waals surface area contributed by atoms with Gasteiger partial charge < -0.3 is 19.9 Å². The molecular weight excluding hydrogens is 266 g/mol. The highest BCUT2D eigenvalue weighted by Crippen LogP contribution is 2.21. The number of carbonyl (C=O) groups excluding carboxylic acids is 1. The highest BCUT2D eigenvalue weighted by atomic mass is 16.6. The highest BCUT2D eigenvalue weighted by molar-refractivity contribution is 5.84. The first-order valence-corrected chi connectivity index (χ1v) is 6.60. The fraction of sp³-hybridized carbons (Fsp3) is 0.438. The number of ether oxygens (including phenoxy) is 1. The fourth-order valence-electron chi connectivity index (χ4n) is 2.20. The summed E-state index contributed by atoms with van der Waals surface area (Å²) in [6, 6.07) is -2.15. The van der Waals surface area contributed by atoms with Crippen molar-refractivity contribution in [3.8, 4) is 0 Å². The number of nitrogens with zero attached hydrogens (tertiary/aromatic N) is 1. The van der Waals surface area contributed by atoms with Crippen LogP contribution in [-0.4, -0.2) is 49.2 Å². The predicted molar refractivity (Wildman–Crippen MR) is 82.5 cm³/mol. The van der Waals surface area contributed by atoms with Crippen LogP contribution in [0.15, 0.2) is 24.3 Å². The molecule has 5 heteroatoms. The lowest BCUT2D eigenvalue weighted by Crippen LogP contribution is -2.28. The van der Waals surface area contributed by atoms with Gasteiger partial charge in [-0.25, -0.2) is 4.79 Å². The molecule has 1 aromatic heterocycles. The van der Waals surface area contributed by atoms with Crippen LogP contribution in [0.1, 0.15) is 22.1 Å². The van der Waals surface area contributed by atoms with Gasteiger partial charge in [-0.3, -0.25) is 0 Å². The summed E-state index contributed by atoms with van der Waals surface area (Å²) < 4.78 is 68.6. The summed E-state index contributed by atoms with van der Waals surface area (Å²) in [5.74, 6) is 0. The lowest BCUT2D eigenvalue weighted by atomic mass is 10.0. The maximum atomic E-state index is 11.3. The first-order valence-electron chi connectivity index (χ1n) is 10.6. The van der Waals surface area contributed by atoms with Crippen molar-refractivity contribution in [1.82, 2.24) is 15.2 Å². The fourth-order valence-corrected chi connectivity index (χ4v) is 2.20. The standard InChI is InChI=1S/C16H21N3O2/c1-19(2)6-5-12-9-17-15-4-3-11(8-14(12)15)7-13-10-21-16(20)18-13/h3-4,8-9,13,17H,5-7,10H2,1-2H3,(H,18,20)/t13-/m0/s1/i1D3,3D,4D,8D,9D,13D. The van der Waals surface area contributed by atoms with E-state index in [4.69, 9.17) is 15.7 Å². The molecule has 3 rings (SSSR count). The van der Waals surface area contributed by atoms with Crippen LogP contribution < -0.4 is 5.32 Å².